The van der Waals surface area contributed by atoms with Gasteiger partial charge in [0, 0.05) is 31.2 Å². The number of nitrogens with zero attached hydrogens (tertiary/aromatic N) is 1. The fourth-order valence-corrected chi connectivity index (χ4v) is 2.42. The van der Waals surface area contributed by atoms with E-state index in [4.69, 9.17) is 0 Å². The summed E-state index contributed by atoms with van der Waals surface area (Å²) < 4.78 is 0. The summed E-state index contributed by atoms with van der Waals surface area (Å²) >= 11 is 0. The van der Waals surface area contributed by atoms with Crippen molar-refractivity contribution in [3.8, 4) is 0 Å². The van der Waals surface area contributed by atoms with E-state index in [0.717, 1.165) is 25.2 Å². The van der Waals surface area contributed by atoms with E-state index in [9.17, 15) is 4.79 Å². The topological polar surface area (TPSA) is 32.3 Å². The molecule has 0 aliphatic carbocycles. The van der Waals surface area contributed by atoms with Crippen molar-refractivity contribution in [2.75, 3.05) is 19.6 Å². The van der Waals surface area contributed by atoms with E-state index in [0.29, 0.717) is 0 Å². The molecule has 1 aromatic rings. The van der Waals surface area contributed by atoms with Crippen LogP contribution < -0.4 is 5.32 Å². The molecule has 19 heavy (non-hydrogen) atoms. The monoisotopic (exact) mass is 260 g/mol. The lowest BCUT2D eigenvalue weighted by Gasteiger charge is -2.34. The van der Waals surface area contributed by atoms with Gasteiger partial charge in [0.05, 0.1) is 0 Å². The molecule has 1 aliphatic heterocycles. The highest BCUT2D eigenvalue weighted by atomic mass is 16.2. The first kappa shape index (κ1) is 14.1. The summed E-state index contributed by atoms with van der Waals surface area (Å²) in [4.78, 5) is 14.4. The Bertz CT molecular complexity index is 445. The van der Waals surface area contributed by atoms with Gasteiger partial charge in [-0.1, -0.05) is 32.9 Å². The van der Waals surface area contributed by atoms with Crippen molar-refractivity contribution < 1.29 is 4.79 Å². The SMILES string of the molecule is CC1CNCCN1C(=O)c1ccc(C(C)(C)C)cc1. The van der Waals surface area contributed by atoms with Crippen molar-refractivity contribution >= 4 is 5.91 Å². The molecule has 0 aromatic heterocycles. The fraction of sp³-hybridized carbons (Fsp3) is 0.562. The molecule has 2 rings (SSSR count). The zero-order chi connectivity index (χ0) is 14.0. The number of carbonyl (C=O) groups is 1. The average Bonchev–Trinajstić information content (AvgIpc) is 2.38. The minimum Gasteiger partial charge on any atom is -0.333 e. The van der Waals surface area contributed by atoms with Crippen LogP contribution in [0.3, 0.4) is 0 Å². The number of nitrogens with one attached hydrogen (secondary N) is 1. The first-order valence-electron chi connectivity index (χ1n) is 7.02. The average molecular weight is 260 g/mol. The molecule has 0 radical (unpaired) electrons. The lowest BCUT2D eigenvalue weighted by molar-refractivity contribution is 0.0655. The van der Waals surface area contributed by atoms with Gasteiger partial charge in [0.1, 0.15) is 0 Å². The highest BCUT2D eigenvalue weighted by Crippen LogP contribution is 2.22. The lowest BCUT2D eigenvalue weighted by atomic mass is 9.86. The second kappa shape index (κ2) is 5.33. The van der Waals surface area contributed by atoms with Gasteiger partial charge in [0.15, 0.2) is 0 Å². The molecule has 1 heterocycles. The number of hydrogen-bond donors (Lipinski definition) is 1. The molecule has 1 N–H and O–H groups in total. The number of hydrogen-bond acceptors (Lipinski definition) is 2. The maximum Gasteiger partial charge on any atom is 0.254 e. The third-order valence-corrected chi connectivity index (χ3v) is 3.76. The van der Waals surface area contributed by atoms with Gasteiger partial charge in [-0.15, -0.1) is 0 Å². The van der Waals surface area contributed by atoms with Gasteiger partial charge in [-0.25, -0.2) is 0 Å². The molecule has 1 saturated heterocycles. The summed E-state index contributed by atoms with van der Waals surface area (Å²) in [5.74, 6) is 0.148. The highest BCUT2D eigenvalue weighted by molar-refractivity contribution is 5.94. The van der Waals surface area contributed by atoms with Crippen LogP contribution in [0.25, 0.3) is 0 Å². The number of piperazine rings is 1. The molecule has 1 aliphatic rings. The Hall–Kier alpha value is -1.35. The van der Waals surface area contributed by atoms with Gasteiger partial charge in [-0.3, -0.25) is 4.79 Å². The first-order chi connectivity index (χ1) is 8.89. The number of benzene rings is 1. The molecule has 0 saturated carbocycles. The van der Waals surface area contributed by atoms with E-state index in [1.165, 1.54) is 5.56 Å². The molecule has 1 amide bonds. The summed E-state index contributed by atoms with van der Waals surface area (Å²) in [6.45, 7) is 11.2. The van der Waals surface area contributed by atoms with Crippen molar-refractivity contribution in [1.29, 1.82) is 0 Å². The molecule has 0 spiro atoms. The van der Waals surface area contributed by atoms with Gasteiger partial charge in [0.25, 0.3) is 5.91 Å². The van der Waals surface area contributed by atoms with E-state index >= 15 is 0 Å². The van der Waals surface area contributed by atoms with Gasteiger partial charge in [-0.05, 0) is 30.0 Å². The predicted octanol–water partition coefficient (Wildman–Crippen LogP) is 2.42. The van der Waals surface area contributed by atoms with E-state index in [-0.39, 0.29) is 17.4 Å². The zero-order valence-corrected chi connectivity index (χ0v) is 12.4. The Labute approximate surface area is 116 Å². The fourth-order valence-electron chi connectivity index (χ4n) is 2.42. The van der Waals surface area contributed by atoms with Gasteiger partial charge < -0.3 is 10.2 Å². The Morgan fingerprint density at radius 1 is 1.26 bits per heavy atom. The van der Waals surface area contributed by atoms with E-state index in [1.807, 2.05) is 17.0 Å². The molecule has 1 atom stereocenters. The maximum atomic E-state index is 12.5. The van der Waals surface area contributed by atoms with Crippen LogP contribution in [-0.2, 0) is 5.41 Å². The predicted molar refractivity (Wildman–Crippen MR) is 78.5 cm³/mol. The summed E-state index contributed by atoms with van der Waals surface area (Å²) in [5.41, 5.74) is 2.18. The summed E-state index contributed by atoms with van der Waals surface area (Å²) in [6, 6.07) is 8.32. The number of amides is 1. The Morgan fingerprint density at radius 2 is 1.89 bits per heavy atom. The zero-order valence-electron chi connectivity index (χ0n) is 12.4. The molecule has 1 fully saturated rings. The largest absolute Gasteiger partial charge is 0.333 e. The van der Waals surface area contributed by atoms with Crippen LogP contribution in [0.1, 0.15) is 43.6 Å². The van der Waals surface area contributed by atoms with Crippen LogP contribution in [0.2, 0.25) is 0 Å². The lowest BCUT2D eigenvalue weighted by Crippen LogP contribution is -2.52. The van der Waals surface area contributed by atoms with Crippen LogP contribution in [0.4, 0.5) is 0 Å². The molecule has 104 valence electrons. The van der Waals surface area contributed by atoms with Crippen LogP contribution in [-0.4, -0.2) is 36.5 Å². The Kier molecular flexibility index (Phi) is 3.95. The second-order valence-electron chi connectivity index (χ2n) is 6.38. The van der Waals surface area contributed by atoms with Crippen molar-refractivity contribution in [3.05, 3.63) is 35.4 Å². The van der Waals surface area contributed by atoms with E-state index < -0.39 is 0 Å². The Balaban J connectivity index is 2.15. The third-order valence-electron chi connectivity index (χ3n) is 3.76. The van der Waals surface area contributed by atoms with Crippen molar-refractivity contribution in [2.45, 2.75) is 39.2 Å². The summed E-state index contributed by atoms with van der Waals surface area (Å²) in [7, 11) is 0. The number of rotatable bonds is 1. The van der Waals surface area contributed by atoms with Crippen LogP contribution >= 0.6 is 0 Å². The third kappa shape index (κ3) is 3.16. The second-order valence-corrected chi connectivity index (χ2v) is 6.38. The van der Waals surface area contributed by atoms with Crippen molar-refractivity contribution in [2.24, 2.45) is 0 Å². The number of carbonyl (C=O) groups excluding carboxylic acids is 1. The van der Waals surface area contributed by atoms with Gasteiger partial charge >= 0.3 is 0 Å². The normalized spacial score (nSPS) is 20.4. The van der Waals surface area contributed by atoms with E-state index in [1.54, 1.807) is 0 Å². The van der Waals surface area contributed by atoms with Crippen LogP contribution in [0.5, 0.6) is 0 Å². The first-order valence-corrected chi connectivity index (χ1v) is 7.02. The molecular formula is C16H24N2O. The van der Waals surface area contributed by atoms with Gasteiger partial charge in [0.2, 0.25) is 0 Å². The molecule has 0 bridgehead atoms. The molecular weight excluding hydrogens is 236 g/mol. The quantitative estimate of drug-likeness (QED) is 0.841. The van der Waals surface area contributed by atoms with Crippen molar-refractivity contribution in [1.82, 2.24) is 10.2 Å². The van der Waals surface area contributed by atoms with Crippen LogP contribution in [0, 0.1) is 0 Å². The standard InChI is InChI=1S/C16H24N2O/c1-12-11-17-9-10-18(12)15(19)13-5-7-14(8-6-13)16(2,3)4/h5-8,12,17H,9-11H2,1-4H3. The van der Waals surface area contributed by atoms with E-state index in [2.05, 4.69) is 45.1 Å². The van der Waals surface area contributed by atoms with Crippen LogP contribution in [0.15, 0.2) is 24.3 Å². The smallest absolute Gasteiger partial charge is 0.254 e. The minimum atomic E-state index is 0.129. The minimum absolute atomic E-state index is 0.129. The molecule has 3 heteroatoms. The maximum absolute atomic E-state index is 12.5. The van der Waals surface area contributed by atoms with Crippen molar-refractivity contribution in [3.63, 3.8) is 0 Å². The molecule has 3 nitrogen and oxygen atoms in total. The highest BCUT2D eigenvalue weighted by Gasteiger charge is 2.24. The Morgan fingerprint density at radius 3 is 2.42 bits per heavy atom. The molecule has 1 unspecified atom stereocenters. The summed E-state index contributed by atoms with van der Waals surface area (Å²) in [6.07, 6.45) is 0. The molecule has 1 aromatic carbocycles. The summed E-state index contributed by atoms with van der Waals surface area (Å²) in [5, 5.41) is 3.31. The van der Waals surface area contributed by atoms with Gasteiger partial charge in [-0.2, -0.15) is 0 Å².